The lowest BCUT2D eigenvalue weighted by molar-refractivity contribution is 0.237. The number of aromatic nitrogens is 2. The van der Waals surface area contributed by atoms with Crippen molar-refractivity contribution in [1.29, 1.82) is 5.26 Å². The van der Waals surface area contributed by atoms with Crippen molar-refractivity contribution in [2.75, 3.05) is 0 Å². The van der Waals surface area contributed by atoms with Crippen molar-refractivity contribution < 1.29 is 0 Å². The molecule has 102 valence electrons. The first-order valence-electron chi connectivity index (χ1n) is 7.54. The van der Waals surface area contributed by atoms with Crippen LogP contribution < -0.4 is 0 Å². The quantitative estimate of drug-likeness (QED) is 0.834. The molecule has 1 aromatic heterocycles. The summed E-state index contributed by atoms with van der Waals surface area (Å²) in [5.41, 5.74) is 2.12. The van der Waals surface area contributed by atoms with Crippen molar-refractivity contribution in [3.8, 4) is 6.07 Å². The Balaban J connectivity index is 1.76. The molecule has 3 atom stereocenters. The molecule has 1 aromatic carbocycles. The van der Waals surface area contributed by atoms with Gasteiger partial charge < -0.3 is 0 Å². The van der Waals surface area contributed by atoms with Gasteiger partial charge in [0.1, 0.15) is 0 Å². The van der Waals surface area contributed by atoms with Crippen molar-refractivity contribution in [3.63, 3.8) is 0 Å². The number of aryl methyl sites for hydroxylation is 1. The zero-order valence-corrected chi connectivity index (χ0v) is 11.8. The number of fused-ring (bicyclic) bond motifs is 3. The van der Waals surface area contributed by atoms with Gasteiger partial charge in [0.05, 0.1) is 22.7 Å². The molecule has 20 heavy (non-hydrogen) atoms. The molecule has 2 aliphatic carbocycles. The summed E-state index contributed by atoms with van der Waals surface area (Å²) in [6.45, 7) is 0. The number of hydrogen-bond acceptors (Lipinski definition) is 2. The minimum Gasteiger partial charge on any atom is -0.268 e. The average Bonchev–Trinajstić information content (AvgIpc) is 3.14. The van der Waals surface area contributed by atoms with Crippen LogP contribution in [-0.4, -0.2) is 9.78 Å². The van der Waals surface area contributed by atoms with E-state index in [0.717, 1.165) is 24.5 Å². The Hall–Kier alpha value is -1.82. The van der Waals surface area contributed by atoms with Gasteiger partial charge in [0.2, 0.25) is 0 Å². The van der Waals surface area contributed by atoms with Crippen LogP contribution in [0.3, 0.4) is 0 Å². The highest BCUT2D eigenvalue weighted by atomic mass is 15.3. The first-order chi connectivity index (χ1) is 9.72. The van der Waals surface area contributed by atoms with Crippen LogP contribution in [0.15, 0.2) is 24.3 Å². The number of nitriles is 1. The fraction of sp³-hybridized carbons (Fsp3) is 0.529. The van der Waals surface area contributed by atoms with Gasteiger partial charge >= 0.3 is 0 Å². The number of benzene rings is 1. The summed E-state index contributed by atoms with van der Waals surface area (Å²) in [4.78, 5) is 0. The minimum absolute atomic E-state index is 0.153. The fourth-order valence-electron chi connectivity index (χ4n) is 4.56. The molecule has 2 saturated carbocycles. The third kappa shape index (κ3) is 1.54. The van der Waals surface area contributed by atoms with Crippen LogP contribution in [-0.2, 0) is 13.5 Å². The second-order valence-corrected chi connectivity index (χ2v) is 6.61. The zero-order valence-electron chi connectivity index (χ0n) is 11.8. The fourth-order valence-corrected chi connectivity index (χ4v) is 4.56. The van der Waals surface area contributed by atoms with E-state index in [1.165, 1.54) is 30.2 Å². The Morgan fingerprint density at radius 1 is 1.40 bits per heavy atom. The molecule has 2 aromatic rings. The third-order valence-corrected chi connectivity index (χ3v) is 5.52. The van der Waals surface area contributed by atoms with Crippen molar-refractivity contribution >= 4 is 10.9 Å². The second-order valence-electron chi connectivity index (χ2n) is 6.61. The molecule has 2 aliphatic rings. The van der Waals surface area contributed by atoms with Gasteiger partial charge in [-0.2, -0.15) is 10.4 Å². The van der Waals surface area contributed by atoms with Gasteiger partial charge in [0.25, 0.3) is 0 Å². The Bertz CT molecular complexity index is 709. The molecule has 0 aliphatic heterocycles. The molecule has 2 fully saturated rings. The highest BCUT2D eigenvalue weighted by Crippen LogP contribution is 2.57. The van der Waals surface area contributed by atoms with Crippen LogP contribution in [0.5, 0.6) is 0 Å². The second kappa shape index (κ2) is 4.09. The van der Waals surface area contributed by atoms with Crippen LogP contribution >= 0.6 is 0 Å². The number of para-hydroxylation sites is 1. The summed E-state index contributed by atoms with van der Waals surface area (Å²) >= 11 is 0. The lowest BCUT2D eigenvalue weighted by Gasteiger charge is -2.30. The molecular formula is C17H19N3. The Morgan fingerprint density at radius 2 is 2.25 bits per heavy atom. The van der Waals surface area contributed by atoms with E-state index >= 15 is 0 Å². The summed E-state index contributed by atoms with van der Waals surface area (Å²) in [7, 11) is 1.99. The van der Waals surface area contributed by atoms with E-state index < -0.39 is 0 Å². The van der Waals surface area contributed by atoms with Crippen LogP contribution in [0.1, 0.15) is 31.4 Å². The van der Waals surface area contributed by atoms with Gasteiger partial charge in [0, 0.05) is 18.9 Å². The van der Waals surface area contributed by atoms with E-state index in [0.29, 0.717) is 5.92 Å². The Kier molecular flexibility index (Phi) is 2.44. The maximum Gasteiger partial charge on any atom is 0.0719 e. The molecule has 0 spiro atoms. The van der Waals surface area contributed by atoms with E-state index in [1.54, 1.807) is 0 Å². The number of nitrogens with zero attached hydrogens (tertiary/aromatic N) is 3. The molecule has 3 nitrogen and oxygen atoms in total. The first kappa shape index (κ1) is 12.0. The van der Waals surface area contributed by atoms with Gasteiger partial charge in [-0.25, -0.2) is 0 Å². The molecule has 0 N–H and O–H groups in total. The number of rotatable bonds is 2. The maximum atomic E-state index is 9.79. The lowest BCUT2D eigenvalue weighted by Crippen LogP contribution is -2.28. The van der Waals surface area contributed by atoms with Crippen molar-refractivity contribution in [3.05, 3.63) is 30.0 Å². The molecule has 0 saturated heterocycles. The summed E-state index contributed by atoms with van der Waals surface area (Å²) in [5, 5.41) is 15.7. The molecule has 3 heteroatoms. The minimum atomic E-state index is -0.153. The monoisotopic (exact) mass is 265 g/mol. The number of hydrogen-bond donors (Lipinski definition) is 0. The average molecular weight is 265 g/mol. The van der Waals surface area contributed by atoms with E-state index in [1.807, 2.05) is 17.8 Å². The lowest BCUT2D eigenvalue weighted by atomic mass is 9.71. The molecule has 3 unspecified atom stereocenters. The molecule has 0 amide bonds. The molecule has 0 radical (unpaired) electrons. The van der Waals surface area contributed by atoms with E-state index in [9.17, 15) is 5.26 Å². The zero-order chi connectivity index (χ0) is 13.7. The van der Waals surface area contributed by atoms with Crippen LogP contribution in [0, 0.1) is 28.6 Å². The van der Waals surface area contributed by atoms with Crippen molar-refractivity contribution in [2.24, 2.45) is 24.3 Å². The van der Waals surface area contributed by atoms with Crippen LogP contribution in [0.2, 0.25) is 0 Å². The molecule has 1 heterocycles. The third-order valence-electron chi connectivity index (χ3n) is 5.52. The SMILES string of the molecule is Cn1nc(CC2(C#N)CC3CCC2C3)c2ccccc21. The normalized spacial score (nSPS) is 31.8. The Morgan fingerprint density at radius 3 is 2.95 bits per heavy atom. The van der Waals surface area contributed by atoms with Gasteiger partial charge in [-0.3, -0.25) is 4.68 Å². The predicted molar refractivity (Wildman–Crippen MR) is 77.9 cm³/mol. The van der Waals surface area contributed by atoms with Gasteiger partial charge in [-0.1, -0.05) is 24.6 Å². The van der Waals surface area contributed by atoms with Crippen molar-refractivity contribution in [1.82, 2.24) is 9.78 Å². The van der Waals surface area contributed by atoms with Crippen LogP contribution in [0.25, 0.3) is 10.9 Å². The highest BCUT2D eigenvalue weighted by Gasteiger charge is 2.51. The standard InChI is InChI=1S/C17H19N3/c1-20-16-5-3-2-4-14(16)15(19-20)10-17(11-18)9-12-6-7-13(17)8-12/h2-5,12-13H,6-10H2,1H3. The smallest absolute Gasteiger partial charge is 0.0719 e. The molecular weight excluding hydrogens is 246 g/mol. The summed E-state index contributed by atoms with van der Waals surface area (Å²) in [6.07, 6.45) is 5.74. The van der Waals surface area contributed by atoms with Gasteiger partial charge in [0.15, 0.2) is 0 Å². The van der Waals surface area contributed by atoms with E-state index in [2.05, 4.69) is 24.3 Å². The van der Waals surface area contributed by atoms with E-state index in [-0.39, 0.29) is 5.41 Å². The topological polar surface area (TPSA) is 41.6 Å². The maximum absolute atomic E-state index is 9.79. The summed E-state index contributed by atoms with van der Waals surface area (Å²) in [6, 6.07) is 11.0. The Labute approximate surface area is 119 Å². The molecule has 4 rings (SSSR count). The predicted octanol–water partition coefficient (Wildman–Crippen LogP) is 3.45. The highest BCUT2D eigenvalue weighted by molar-refractivity contribution is 5.82. The largest absolute Gasteiger partial charge is 0.268 e. The first-order valence-corrected chi connectivity index (χ1v) is 7.54. The van der Waals surface area contributed by atoms with Crippen molar-refractivity contribution in [2.45, 2.75) is 32.1 Å². The van der Waals surface area contributed by atoms with Crippen LogP contribution in [0.4, 0.5) is 0 Å². The summed E-state index contributed by atoms with van der Waals surface area (Å²) < 4.78 is 1.95. The van der Waals surface area contributed by atoms with Gasteiger partial charge in [-0.15, -0.1) is 0 Å². The van der Waals surface area contributed by atoms with Gasteiger partial charge in [-0.05, 0) is 37.2 Å². The van der Waals surface area contributed by atoms with E-state index in [4.69, 9.17) is 5.10 Å². The summed E-state index contributed by atoms with van der Waals surface area (Å²) in [5.74, 6) is 1.38. The molecule has 2 bridgehead atoms.